The minimum absolute atomic E-state index is 0.0510. The van der Waals surface area contributed by atoms with Gasteiger partial charge in [-0.15, -0.1) is 0 Å². The van der Waals surface area contributed by atoms with Crippen LogP contribution < -0.4 is 4.90 Å². The number of benzene rings is 1. The summed E-state index contributed by atoms with van der Waals surface area (Å²) in [5, 5.41) is 0. The van der Waals surface area contributed by atoms with Crippen LogP contribution in [0.1, 0.15) is 24.2 Å². The van der Waals surface area contributed by atoms with Gasteiger partial charge in [-0.1, -0.05) is 0 Å². The molecule has 0 atom stereocenters. The molecule has 0 radical (unpaired) electrons. The van der Waals surface area contributed by atoms with Crippen molar-refractivity contribution in [1.29, 1.82) is 0 Å². The van der Waals surface area contributed by atoms with Crippen molar-refractivity contribution in [3.05, 3.63) is 41.5 Å². The summed E-state index contributed by atoms with van der Waals surface area (Å²) in [5.74, 6) is -0.710. The molecule has 0 unspecified atom stereocenters. The van der Waals surface area contributed by atoms with Crippen molar-refractivity contribution in [1.82, 2.24) is 0 Å². The maximum absolute atomic E-state index is 11.7. The molecule has 0 aliphatic carbocycles. The summed E-state index contributed by atoms with van der Waals surface area (Å²) in [6.45, 7) is 3.07. The number of nitrogens with zero attached hydrogens (tertiary/aromatic N) is 1. The van der Waals surface area contributed by atoms with E-state index in [1.165, 1.54) is 13.0 Å². The Hall–Kier alpha value is -2.23. The van der Waals surface area contributed by atoms with Crippen LogP contribution in [0, 0.1) is 0 Å². The van der Waals surface area contributed by atoms with Gasteiger partial charge >= 0.3 is 0 Å². The molecule has 2 rings (SSSR count). The van der Waals surface area contributed by atoms with Crippen molar-refractivity contribution in [2.75, 3.05) is 4.90 Å². The first kappa shape index (κ1) is 11.3. The molecule has 1 aromatic rings. The van der Waals surface area contributed by atoms with Crippen LogP contribution in [0.15, 0.2) is 35.9 Å². The lowest BCUT2D eigenvalue weighted by atomic mass is 10.1. The largest absolute Gasteiger partial charge is 0.295 e. The Morgan fingerprint density at radius 2 is 1.71 bits per heavy atom. The lowest BCUT2D eigenvalue weighted by molar-refractivity contribution is -0.120. The standard InChI is InChI=1S/C13H11NO3/c1-8-7-12(16)14(13(8)17)11-5-3-10(4-6-11)9(2)15/h3-7H,1-2H3. The Bertz CT molecular complexity index is 540. The van der Waals surface area contributed by atoms with Gasteiger partial charge in [0.1, 0.15) is 0 Å². The highest BCUT2D eigenvalue weighted by Gasteiger charge is 2.29. The Labute approximate surface area is 98.5 Å². The van der Waals surface area contributed by atoms with Crippen LogP contribution in [0.5, 0.6) is 0 Å². The van der Waals surface area contributed by atoms with Crippen LogP contribution >= 0.6 is 0 Å². The van der Waals surface area contributed by atoms with Crippen LogP contribution in [0.2, 0.25) is 0 Å². The van der Waals surface area contributed by atoms with Crippen LogP contribution in [0.3, 0.4) is 0 Å². The molecule has 0 spiro atoms. The Morgan fingerprint density at radius 1 is 1.12 bits per heavy atom. The molecule has 0 fully saturated rings. The number of carbonyl (C=O) groups excluding carboxylic acids is 3. The zero-order valence-electron chi connectivity index (χ0n) is 9.56. The molecule has 0 N–H and O–H groups in total. The molecule has 0 aromatic heterocycles. The molecular weight excluding hydrogens is 218 g/mol. The zero-order valence-corrected chi connectivity index (χ0v) is 9.56. The van der Waals surface area contributed by atoms with Crippen molar-refractivity contribution < 1.29 is 14.4 Å². The summed E-state index contributed by atoms with van der Waals surface area (Å²) in [6.07, 6.45) is 1.31. The molecule has 1 heterocycles. The quantitative estimate of drug-likeness (QED) is 0.573. The van der Waals surface area contributed by atoms with Crippen molar-refractivity contribution in [3.63, 3.8) is 0 Å². The Kier molecular flexibility index (Phi) is 2.63. The van der Waals surface area contributed by atoms with Gasteiger partial charge in [-0.25, -0.2) is 4.90 Å². The molecule has 1 aliphatic heterocycles. The highest BCUT2D eigenvalue weighted by atomic mass is 16.2. The fraction of sp³-hybridized carbons (Fsp3) is 0.154. The molecule has 1 aliphatic rings. The highest BCUT2D eigenvalue weighted by molar-refractivity contribution is 6.30. The summed E-state index contributed by atoms with van der Waals surface area (Å²) >= 11 is 0. The van der Waals surface area contributed by atoms with Gasteiger partial charge in [-0.3, -0.25) is 14.4 Å². The number of Topliss-reactive ketones (excluding diaryl/α,β-unsaturated/α-hetero) is 1. The summed E-state index contributed by atoms with van der Waals surface area (Å²) in [7, 11) is 0. The van der Waals surface area contributed by atoms with Crippen LogP contribution in [0.25, 0.3) is 0 Å². The molecule has 1 aromatic carbocycles. The topological polar surface area (TPSA) is 54.5 Å². The average molecular weight is 229 g/mol. The predicted molar refractivity (Wildman–Crippen MR) is 62.7 cm³/mol. The van der Waals surface area contributed by atoms with Gasteiger partial charge in [0.05, 0.1) is 5.69 Å². The van der Waals surface area contributed by atoms with Crippen molar-refractivity contribution in [2.24, 2.45) is 0 Å². The third-order valence-corrected chi connectivity index (χ3v) is 2.63. The van der Waals surface area contributed by atoms with Gasteiger partial charge in [0.15, 0.2) is 5.78 Å². The lowest BCUT2D eigenvalue weighted by Gasteiger charge is -2.14. The molecule has 4 heteroatoms. The van der Waals surface area contributed by atoms with E-state index >= 15 is 0 Å². The van der Waals surface area contributed by atoms with Crippen LogP contribution in [-0.2, 0) is 9.59 Å². The minimum atomic E-state index is -0.344. The van der Waals surface area contributed by atoms with Crippen molar-refractivity contribution >= 4 is 23.3 Å². The number of hydrogen-bond donors (Lipinski definition) is 0. The molecule has 0 saturated heterocycles. The summed E-state index contributed by atoms with van der Waals surface area (Å²) in [5.41, 5.74) is 1.46. The van der Waals surface area contributed by atoms with Gasteiger partial charge in [0.2, 0.25) is 0 Å². The van der Waals surface area contributed by atoms with Gasteiger partial charge in [-0.2, -0.15) is 0 Å². The number of anilines is 1. The van der Waals surface area contributed by atoms with E-state index in [1.54, 1.807) is 31.2 Å². The average Bonchev–Trinajstić information content (AvgIpc) is 2.53. The number of carbonyl (C=O) groups is 3. The van der Waals surface area contributed by atoms with Gasteiger partial charge < -0.3 is 0 Å². The van der Waals surface area contributed by atoms with E-state index in [-0.39, 0.29) is 17.6 Å². The van der Waals surface area contributed by atoms with E-state index in [2.05, 4.69) is 0 Å². The third kappa shape index (κ3) is 1.89. The predicted octanol–water partition coefficient (Wildman–Crippen LogP) is 1.71. The van der Waals surface area contributed by atoms with Crippen molar-refractivity contribution in [3.8, 4) is 0 Å². The number of amides is 2. The molecular formula is C13H11NO3. The number of rotatable bonds is 2. The SMILES string of the molecule is CC(=O)c1ccc(N2C(=O)C=C(C)C2=O)cc1. The molecule has 86 valence electrons. The maximum atomic E-state index is 11.7. The van der Waals surface area contributed by atoms with Gasteiger partial charge in [0.25, 0.3) is 11.8 Å². The number of ketones is 1. The third-order valence-electron chi connectivity index (χ3n) is 2.63. The second-order valence-electron chi connectivity index (χ2n) is 3.91. The monoisotopic (exact) mass is 229 g/mol. The molecule has 4 nitrogen and oxygen atoms in total. The number of imide groups is 1. The first-order chi connectivity index (χ1) is 8.00. The lowest BCUT2D eigenvalue weighted by Crippen LogP contribution is -2.30. The zero-order chi connectivity index (χ0) is 12.6. The Morgan fingerprint density at radius 3 is 2.12 bits per heavy atom. The smallest absolute Gasteiger partial charge is 0.261 e. The minimum Gasteiger partial charge on any atom is -0.295 e. The highest BCUT2D eigenvalue weighted by Crippen LogP contribution is 2.22. The maximum Gasteiger partial charge on any atom is 0.261 e. The van der Waals surface area contributed by atoms with E-state index < -0.39 is 0 Å². The molecule has 2 amide bonds. The fourth-order valence-corrected chi connectivity index (χ4v) is 1.68. The van der Waals surface area contributed by atoms with E-state index in [9.17, 15) is 14.4 Å². The summed E-state index contributed by atoms with van der Waals surface area (Å²) < 4.78 is 0. The van der Waals surface area contributed by atoms with Crippen LogP contribution in [-0.4, -0.2) is 17.6 Å². The van der Waals surface area contributed by atoms with Gasteiger partial charge in [0, 0.05) is 17.2 Å². The van der Waals surface area contributed by atoms with E-state index in [4.69, 9.17) is 0 Å². The first-order valence-electron chi connectivity index (χ1n) is 5.18. The Balaban J connectivity index is 2.34. The second-order valence-corrected chi connectivity index (χ2v) is 3.91. The summed E-state index contributed by atoms with van der Waals surface area (Å²) in [6, 6.07) is 6.40. The van der Waals surface area contributed by atoms with E-state index in [0.717, 1.165) is 4.90 Å². The van der Waals surface area contributed by atoms with E-state index in [0.29, 0.717) is 16.8 Å². The number of hydrogen-bond acceptors (Lipinski definition) is 3. The van der Waals surface area contributed by atoms with Crippen molar-refractivity contribution in [2.45, 2.75) is 13.8 Å². The molecule has 17 heavy (non-hydrogen) atoms. The van der Waals surface area contributed by atoms with E-state index in [1.807, 2.05) is 0 Å². The first-order valence-corrected chi connectivity index (χ1v) is 5.18. The fourth-order valence-electron chi connectivity index (χ4n) is 1.68. The summed E-state index contributed by atoms with van der Waals surface area (Å²) in [4.78, 5) is 35.5. The second kappa shape index (κ2) is 3.97. The van der Waals surface area contributed by atoms with Crippen LogP contribution in [0.4, 0.5) is 5.69 Å². The van der Waals surface area contributed by atoms with Gasteiger partial charge in [-0.05, 0) is 38.1 Å². The molecule has 0 saturated carbocycles. The molecule has 0 bridgehead atoms. The normalized spacial score (nSPS) is 15.2.